The van der Waals surface area contributed by atoms with Gasteiger partial charge in [-0.15, -0.1) is 0 Å². The Kier molecular flexibility index (Phi) is 5.05. The van der Waals surface area contributed by atoms with Gasteiger partial charge in [0.1, 0.15) is 5.69 Å². The van der Waals surface area contributed by atoms with Gasteiger partial charge in [0.15, 0.2) is 5.69 Å². The number of para-hydroxylation sites is 1. The first kappa shape index (κ1) is 20.1. The van der Waals surface area contributed by atoms with Crippen molar-refractivity contribution in [3.63, 3.8) is 0 Å². The van der Waals surface area contributed by atoms with Crippen LogP contribution in [0.1, 0.15) is 10.5 Å². The van der Waals surface area contributed by atoms with Crippen LogP contribution in [0.25, 0.3) is 22.3 Å². The first-order chi connectivity index (χ1) is 15.5. The van der Waals surface area contributed by atoms with Crippen molar-refractivity contribution in [1.82, 2.24) is 19.6 Å². The Morgan fingerprint density at radius 2 is 1.56 bits per heavy atom. The van der Waals surface area contributed by atoms with E-state index >= 15 is 0 Å². The smallest absolute Gasteiger partial charge is 0.271 e. The second-order valence-electron chi connectivity index (χ2n) is 7.07. The Balaban J connectivity index is 1.46. The van der Waals surface area contributed by atoms with Gasteiger partial charge in [0.05, 0.1) is 33.1 Å². The van der Waals surface area contributed by atoms with E-state index in [1.165, 1.54) is 4.68 Å². The van der Waals surface area contributed by atoms with E-state index in [-0.39, 0.29) is 5.69 Å². The number of hydrogen-bond acceptors (Lipinski definition) is 4. The topological polar surface area (TPSA) is 90.8 Å². The van der Waals surface area contributed by atoms with Crippen LogP contribution in [0.15, 0.2) is 79.1 Å². The van der Waals surface area contributed by atoms with Gasteiger partial charge in [0.25, 0.3) is 5.91 Å². The number of nitrogens with two attached hydrogens (primary N) is 1. The number of fused-ring (bicyclic) bond motifs is 1. The number of carbonyl (C=O) groups excluding carboxylic acids is 1. The van der Waals surface area contributed by atoms with Crippen molar-refractivity contribution < 1.29 is 4.79 Å². The number of amides is 1. The van der Waals surface area contributed by atoms with Crippen molar-refractivity contribution in [3.8, 4) is 11.4 Å². The molecule has 32 heavy (non-hydrogen) atoms. The maximum Gasteiger partial charge on any atom is 0.271 e. The Morgan fingerprint density at radius 1 is 0.844 bits per heavy atom. The molecule has 0 spiro atoms. The minimum absolute atomic E-state index is 0.0726. The molecule has 158 valence electrons. The van der Waals surface area contributed by atoms with Crippen LogP contribution in [-0.2, 0) is 0 Å². The largest absolute Gasteiger partial charge is 0.364 e. The number of hydrogen-bond donors (Lipinski definition) is 2. The van der Waals surface area contributed by atoms with Gasteiger partial charge in [0.2, 0.25) is 0 Å². The van der Waals surface area contributed by atoms with E-state index in [0.717, 1.165) is 22.3 Å². The van der Waals surface area contributed by atoms with Gasteiger partial charge in [-0.2, -0.15) is 10.2 Å². The van der Waals surface area contributed by atoms with Crippen LogP contribution in [0, 0.1) is 0 Å². The number of nitrogens with one attached hydrogen (secondary N) is 1. The molecule has 1 amide bonds. The molecule has 0 saturated heterocycles. The number of rotatable bonds is 5. The normalized spacial score (nSPS) is 11.1. The predicted molar refractivity (Wildman–Crippen MR) is 126 cm³/mol. The zero-order valence-electron chi connectivity index (χ0n) is 16.5. The number of anilines is 2. The summed E-state index contributed by atoms with van der Waals surface area (Å²) in [6, 6.07) is 20.7. The summed E-state index contributed by atoms with van der Waals surface area (Å²) in [5.41, 5.74) is 9.09. The van der Waals surface area contributed by atoms with Crippen LogP contribution in [0.3, 0.4) is 0 Å². The number of carbonyl (C=O) groups is 1. The van der Waals surface area contributed by atoms with Gasteiger partial charge in [-0.1, -0.05) is 47.5 Å². The molecule has 5 aromatic rings. The lowest BCUT2D eigenvalue weighted by Gasteiger charge is -2.07. The SMILES string of the molecule is NC(=O)c1nn(-c2c(Cl)cccc2Cl)cc1Nc1ccc(-n2cc3ccccc3n2)cc1. The third-order valence-corrected chi connectivity index (χ3v) is 5.55. The van der Waals surface area contributed by atoms with E-state index in [9.17, 15) is 4.79 Å². The lowest BCUT2D eigenvalue weighted by Crippen LogP contribution is -2.14. The van der Waals surface area contributed by atoms with Crippen LogP contribution < -0.4 is 11.1 Å². The summed E-state index contributed by atoms with van der Waals surface area (Å²) in [5, 5.41) is 13.9. The highest BCUT2D eigenvalue weighted by Gasteiger charge is 2.18. The Hall–Kier alpha value is -3.81. The van der Waals surface area contributed by atoms with E-state index < -0.39 is 5.91 Å². The standard InChI is InChI=1S/C23H16Cl2N6O/c24-17-5-3-6-18(25)22(17)31-13-20(21(29-31)23(26)32)27-15-8-10-16(11-9-15)30-12-14-4-1-2-7-19(14)28-30/h1-13,27H,(H2,26,32). The predicted octanol–water partition coefficient (Wildman–Crippen LogP) is 5.36. The van der Waals surface area contributed by atoms with E-state index in [1.807, 2.05) is 59.4 Å². The van der Waals surface area contributed by atoms with E-state index in [1.54, 1.807) is 24.4 Å². The molecule has 3 aromatic carbocycles. The van der Waals surface area contributed by atoms with E-state index in [2.05, 4.69) is 15.5 Å². The Bertz CT molecular complexity index is 1400. The summed E-state index contributed by atoms with van der Waals surface area (Å²) in [6.45, 7) is 0. The van der Waals surface area contributed by atoms with Crippen LogP contribution in [0.4, 0.5) is 11.4 Å². The molecule has 0 atom stereocenters. The molecule has 0 bridgehead atoms. The highest BCUT2D eigenvalue weighted by atomic mass is 35.5. The average Bonchev–Trinajstić information content (AvgIpc) is 3.39. The molecule has 0 aliphatic rings. The van der Waals surface area contributed by atoms with Crippen molar-refractivity contribution >= 4 is 51.4 Å². The van der Waals surface area contributed by atoms with Crippen molar-refractivity contribution in [3.05, 3.63) is 94.9 Å². The molecular formula is C23H16Cl2N6O. The van der Waals surface area contributed by atoms with E-state index in [0.29, 0.717) is 21.4 Å². The molecule has 9 heteroatoms. The third-order valence-electron chi connectivity index (χ3n) is 4.94. The second kappa shape index (κ2) is 8.03. The number of halogens is 2. The van der Waals surface area contributed by atoms with Crippen LogP contribution in [0.5, 0.6) is 0 Å². The first-order valence-electron chi connectivity index (χ1n) is 9.65. The van der Waals surface area contributed by atoms with Crippen molar-refractivity contribution in [2.45, 2.75) is 0 Å². The number of primary amides is 1. The molecule has 0 radical (unpaired) electrons. The summed E-state index contributed by atoms with van der Waals surface area (Å²) in [7, 11) is 0. The van der Waals surface area contributed by atoms with Crippen molar-refractivity contribution in [2.75, 3.05) is 5.32 Å². The molecule has 0 aliphatic carbocycles. The monoisotopic (exact) mass is 462 g/mol. The molecule has 7 nitrogen and oxygen atoms in total. The van der Waals surface area contributed by atoms with Gasteiger partial charge in [-0.3, -0.25) is 4.79 Å². The van der Waals surface area contributed by atoms with Crippen molar-refractivity contribution in [2.24, 2.45) is 5.73 Å². The minimum Gasteiger partial charge on any atom is -0.364 e. The van der Waals surface area contributed by atoms with Gasteiger partial charge in [-0.05, 0) is 42.5 Å². The quantitative estimate of drug-likeness (QED) is 0.367. The highest BCUT2D eigenvalue weighted by Crippen LogP contribution is 2.30. The Labute approximate surface area is 193 Å². The summed E-state index contributed by atoms with van der Waals surface area (Å²) in [5.74, 6) is -0.672. The zero-order chi connectivity index (χ0) is 22.2. The first-order valence-corrected chi connectivity index (χ1v) is 10.4. The van der Waals surface area contributed by atoms with Gasteiger partial charge >= 0.3 is 0 Å². The summed E-state index contributed by atoms with van der Waals surface area (Å²) >= 11 is 12.6. The maximum atomic E-state index is 12.0. The molecule has 0 aliphatic heterocycles. The fourth-order valence-corrected chi connectivity index (χ4v) is 3.99. The third kappa shape index (κ3) is 3.68. The van der Waals surface area contributed by atoms with Crippen LogP contribution in [0.2, 0.25) is 10.0 Å². The molecule has 0 fully saturated rings. The average molecular weight is 463 g/mol. The molecule has 2 heterocycles. The van der Waals surface area contributed by atoms with Crippen molar-refractivity contribution in [1.29, 1.82) is 0 Å². The molecule has 0 unspecified atom stereocenters. The zero-order valence-corrected chi connectivity index (χ0v) is 18.0. The van der Waals surface area contributed by atoms with Gasteiger partial charge in [0, 0.05) is 17.3 Å². The number of nitrogens with zero attached hydrogens (tertiary/aromatic N) is 4. The lowest BCUT2D eigenvalue weighted by molar-refractivity contribution is 0.0996. The van der Waals surface area contributed by atoms with Crippen LogP contribution >= 0.6 is 23.2 Å². The molecule has 5 rings (SSSR count). The number of aromatic nitrogens is 4. The highest BCUT2D eigenvalue weighted by molar-refractivity contribution is 6.37. The minimum atomic E-state index is -0.672. The maximum absolute atomic E-state index is 12.0. The van der Waals surface area contributed by atoms with Gasteiger partial charge < -0.3 is 11.1 Å². The van der Waals surface area contributed by atoms with Gasteiger partial charge in [-0.25, -0.2) is 9.36 Å². The molecular weight excluding hydrogens is 447 g/mol. The molecule has 3 N–H and O–H groups in total. The Morgan fingerprint density at radius 3 is 2.25 bits per heavy atom. The summed E-state index contributed by atoms with van der Waals surface area (Å²) in [4.78, 5) is 12.0. The fourth-order valence-electron chi connectivity index (χ4n) is 3.42. The second-order valence-corrected chi connectivity index (χ2v) is 7.89. The molecule has 2 aromatic heterocycles. The molecule has 0 saturated carbocycles. The summed E-state index contributed by atoms with van der Waals surface area (Å²) < 4.78 is 3.26. The fraction of sp³-hybridized carbons (Fsp3) is 0. The number of benzene rings is 3. The van der Waals surface area contributed by atoms with Crippen LogP contribution in [-0.4, -0.2) is 25.5 Å². The summed E-state index contributed by atoms with van der Waals surface area (Å²) in [6.07, 6.45) is 3.60. The van der Waals surface area contributed by atoms with E-state index in [4.69, 9.17) is 28.9 Å². The lowest BCUT2D eigenvalue weighted by atomic mass is 10.2.